The van der Waals surface area contributed by atoms with E-state index in [9.17, 15) is 18.5 Å². The maximum absolute atomic E-state index is 12.5. The van der Waals surface area contributed by atoms with E-state index in [1.165, 1.54) is 25.1 Å². The molecule has 2 aromatic carbocycles. The number of nitro benzene ring substituents is 1. The highest BCUT2D eigenvalue weighted by Crippen LogP contribution is 2.29. The predicted octanol–water partition coefficient (Wildman–Crippen LogP) is 3.67. The van der Waals surface area contributed by atoms with Crippen molar-refractivity contribution in [3.8, 4) is 0 Å². The molecule has 2 aromatic rings. The third-order valence-corrected chi connectivity index (χ3v) is 5.17. The first-order chi connectivity index (χ1) is 10.2. The molecule has 0 aliphatic heterocycles. The summed E-state index contributed by atoms with van der Waals surface area (Å²) in [5.74, 6) is 0. The number of anilines is 1. The summed E-state index contributed by atoms with van der Waals surface area (Å²) in [4.78, 5) is 10.2. The summed E-state index contributed by atoms with van der Waals surface area (Å²) in [5.41, 5.74) is 0.750. The summed E-state index contributed by atoms with van der Waals surface area (Å²) in [6.07, 6.45) is 0. The molecule has 22 heavy (non-hydrogen) atoms. The van der Waals surface area contributed by atoms with Crippen LogP contribution >= 0.6 is 11.6 Å². The van der Waals surface area contributed by atoms with Crippen molar-refractivity contribution in [1.82, 2.24) is 0 Å². The lowest BCUT2D eigenvalue weighted by Gasteiger charge is -2.13. The van der Waals surface area contributed by atoms with Crippen molar-refractivity contribution in [2.75, 3.05) is 4.72 Å². The molecule has 6 nitrogen and oxygen atoms in total. The third kappa shape index (κ3) is 3.05. The molecule has 0 aliphatic carbocycles. The van der Waals surface area contributed by atoms with E-state index in [4.69, 9.17) is 11.6 Å². The molecule has 0 bridgehead atoms. The number of nitrogens with one attached hydrogen (secondary N) is 1. The van der Waals surface area contributed by atoms with Crippen molar-refractivity contribution < 1.29 is 13.3 Å². The third-order valence-electron chi connectivity index (χ3n) is 3.25. The van der Waals surface area contributed by atoms with E-state index in [0.29, 0.717) is 16.3 Å². The maximum Gasteiger partial charge on any atom is 0.273 e. The van der Waals surface area contributed by atoms with Crippen molar-refractivity contribution in [3.63, 3.8) is 0 Å². The molecule has 2 rings (SSSR count). The van der Waals surface area contributed by atoms with Gasteiger partial charge in [0.15, 0.2) is 0 Å². The summed E-state index contributed by atoms with van der Waals surface area (Å²) < 4.78 is 27.4. The zero-order valence-corrected chi connectivity index (χ0v) is 13.4. The van der Waals surface area contributed by atoms with Crippen LogP contribution in [0.3, 0.4) is 0 Å². The molecule has 0 aliphatic rings. The van der Waals surface area contributed by atoms with Crippen LogP contribution < -0.4 is 4.72 Å². The van der Waals surface area contributed by atoms with Gasteiger partial charge in [-0.25, -0.2) is 8.42 Å². The number of halogens is 1. The molecule has 0 heterocycles. The van der Waals surface area contributed by atoms with Crippen LogP contribution in [0.15, 0.2) is 41.3 Å². The van der Waals surface area contributed by atoms with Gasteiger partial charge in [-0.3, -0.25) is 14.8 Å². The van der Waals surface area contributed by atoms with E-state index in [1.54, 1.807) is 25.1 Å². The molecule has 0 amide bonds. The van der Waals surface area contributed by atoms with Gasteiger partial charge in [0, 0.05) is 16.7 Å². The van der Waals surface area contributed by atoms with Gasteiger partial charge in [0.1, 0.15) is 0 Å². The number of nitro groups is 1. The second-order valence-electron chi connectivity index (χ2n) is 4.68. The monoisotopic (exact) mass is 340 g/mol. The van der Waals surface area contributed by atoms with Crippen LogP contribution in [0.5, 0.6) is 0 Å². The largest absolute Gasteiger partial charge is 0.279 e. The minimum absolute atomic E-state index is 0.0830. The van der Waals surface area contributed by atoms with E-state index < -0.39 is 14.9 Å². The lowest BCUT2D eigenvalue weighted by atomic mass is 10.2. The molecule has 8 heteroatoms. The standard InChI is InChI=1S/C14H13ClN2O4S/c1-9-11(15)5-3-6-12(9)16-22(20,21)14-8-4-7-13(10(14)2)17(18)19/h3-8,16H,1-2H3. The van der Waals surface area contributed by atoms with Gasteiger partial charge in [-0.05, 0) is 37.6 Å². The fourth-order valence-corrected chi connectivity index (χ4v) is 3.57. The van der Waals surface area contributed by atoms with Gasteiger partial charge in [-0.15, -0.1) is 0 Å². The van der Waals surface area contributed by atoms with Crippen LogP contribution in [0, 0.1) is 24.0 Å². The Hall–Kier alpha value is -2.12. The van der Waals surface area contributed by atoms with E-state index in [2.05, 4.69) is 4.72 Å². The van der Waals surface area contributed by atoms with Crippen LogP contribution in [0.2, 0.25) is 5.02 Å². The van der Waals surface area contributed by atoms with Gasteiger partial charge in [0.05, 0.1) is 15.5 Å². The molecule has 0 unspecified atom stereocenters. The Bertz CT molecular complexity index is 850. The highest BCUT2D eigenvalue weighted by atomic mass is 35.5. The number of nitrogens with zero attached hydrogens (tertiary/aromatic N) is 1. The second kappa shape index (κ2) is 5.94. The predicted molar refractivity (Wildman–Crippen MR) is 84.8 cm³/mol. The number of hydrogen-bond donors (Lipinski definition) is 1. The molecule has 116 valence electrons. The summed E-state index contributed by atoms with van der Waals surface area (Å²) >= 11 is 5.96. The Kier molecular flexibility index (Phi) is 4.39. The van der Waals surface area contributed by atoms with Crippen LogP contribution in [0.4, 0.5) is 11.4 Å². The fourth-order valence-electron chi connectivity index (χ4n) is 2.01. The van der Waals surface area contributed by atoms with Crippen LogP contribution in [-0.2, 0) is 10.0 Å². The molecule has 0 fully saturated rings. The van der Waals surface area contributed by atoms with E-state index in [-0.39, 0.29) is 16.1 Å². The summed E-state index contributed by atoms with van der Waals surface area (Å²) in [6, 6.07) is 8.76. The van der Waals surface area contributed by atoms with Crippen molar-refractivity contribution >= 4 is 33.0 Å². The Morgan fingerprint density at radius 1 is 1.09 bits per heavy atom. The Labute approximate surface area is 132 Å². The first-order valence-corrected chi connectivity index (χ1v) is 8.12. The minimum atomic E-state index is -3.95. The number of rotatable bonds is 4. The SMILES string of the molecule is Cc1c(Cl)cccc1NS(=O)(=O)c1cccc([N+](=O)[O-])c1C. The second-order valence-corrected chi connectivity index (χ2v) is 6.73. The van der Waals surface area contributed by atoms with Gasteiger partial charge in [0.2, 0.25) is 0 Å². The van der Waals surface area contributed by atoms with Crippen LogP contribution in [0.25, 0.3) is 0 Å². The zero-order valence-electron chi connectivity index (χ0n) is 11.8. The number of benzene rings is 2. The van der Waals surface area contributed by atoms with Crippen molar-refractivity contribution in [1.29, 1.82) is 0 Å². The highest BCUT2D eigenvalue weighted by molar-refractivity contribution is 7.92. The lowest BCUT2D eigenvalue weighted by molar-refractivity contribution is -0.385. The van der Waals surface area contributed by atoms with E-state index in [1.807, 2.05) is 0 Å². The molecule has 0 radical (unpaired) electrons. The minimum Gasteiger partial charge on any atom is -0.279 e. The lowest BCUT2D eigenvalue weighted by Crippen LogP contribution is -2.15. The van der Waals surface area contributed by atoms with Gasteiger partial charge in [-0.2, -0.15) is 0 Å². The molecule has 0 saturated carbocycles. The first kappa shape index (κ1) is 16.3. The Morgan fingerprint density at radius 3 is 2.36 bits per heavy atom. The molecule has 0 atom stereocenters. The Morgan fingerprint density at radius 2 is 1.73 bits per heavy atom. The summed E-state index contributed by atoms with van der Waals surface area (Å²) in [7, 11) is -3.95. The quantitative estimate of drug-likeness (QED) is 0.679. The van der Waals surface area contributed by atoms with Crippen molar-refractivity contribution in [2.24, 2.45) is 0 Å². The fraction of sp³-hybridized carbons (Fsp3) is 0.143. The number of hydrogen-bond acceptors (Lipinski definition) is 4. The molecular formula is C14H13ClN2O4S. The summed E-state index contributed by atoms with van der Waals surface area (Å²) in [6.45, 7) is 3.08. The molecule has 0 aromatic heterocycles. The number of sulfonamides is 1. The van der Waals surface area contributed by atoms with E-state index >= 15 is 0 Å². The van der Waals surface area contributed by atoms with Crippen molar-refractivity contribution in [2.45, 2.75) is 18.7 Å². The van der Waals surface area contributed by atoms with Gasteiger partial charge < -0.3 is 0 Å². The molecule has 0 spiro atoms. The average Bonchev–Trinajstić information content (AvgIpc) is 2.43. The van der Waals surface area contributed by atoms with Crippen LogP contribution in [0.1, 0.15) is 11.1 Å². The maximum atomic E-state index is 12.5. The molecule has 1 N–H and O–H groups in total. The average molecular weight is 341 g/mol. The van der Waals surface area contributed by atoms with E-state index in [0.717, 1.165) is 0 Å². The van der Waals surface area contributed by atoms with Crippen LogP contribution in [-0.4, -0.2) is 13.3 Å². The van der Waals surface area contributed by atoms with Gasteiger partial charge in [0.25, 0.3) is 15.7 Å². The topological polar surface area (TPSA) is 89.3 Å². The first-order valence-electron chi connectivity index (χ1n) is 6.26. The normalized spacial score (nSPS) is 11.2. The van der Waals surface area contributed by atoms with Gasteiger partial charge >= 0.3 is 0 Å². The smallest absolute Gasteiger partial charge is 0.273 e. The van der Waals surface area contributed by atoms with Crippen molar-refractivity contribution in [3.05, 3.63) is 62.7 Å². The zero-order chi connectivity index (χ0) is 16.5. The Balaban J connectivity index is 2.50. The van der Waals surface area contributed by atoms with Gasteiger partial charge in [-0.1, -0.05) is 23.7 Å². The highest BCUT2D eigenvalue weighted by Gasteiger charge is 2.23. The molecular weight excluding hydrogens is 328 g/mol. The summed E-state index contributed by atoms with van der Waals surface area (Å²) in [5, 5.41) is 11.4. The molecule has 0 saturated heterocycles.